The fourth-order valence-electron chi connectivity index (χ4n) is 0.791. The highest BCUT2D eigenvalue weighted by atomic mass is 16.2. The van der Waals surface area contributed by atoms with Gasteiger partial charge in [0.25, 0.3) is 5.56 Å². The SMILES string of the molecule is N#CCCn1ccc(=O)[nH]c1=O. The number of rotatable bonds is 2. The van der Waals surface area contributed by atoms with E-state index in [9.17, 15) is 9.59 Å². The van der Waals surface area contributed by atoms with Crippen LogP contribution in [0.1, 0.15) is 6.42 Å². The molecule has 1 heterocycles. The molecule has 1 N–H and O–H groups in total. The lowest BCUT2D eigenvalue weighted by atomic mass is 10.4. The van der Waals surface area contributed by atoms with Gasteiger partial charge in [0.1, 0.15) is 0 Å². The minimum absolute atomic E-state index is 0.256. The summed E-state index contributed by atoms with van der Waals surface area (Å²) in [6, 6.07) is 3.16. The Bertz CT molecular complexity index is 410. The van der Waals surface area contributed by atoms with Gasteiger partial charge in [-0.3, -0.25) is 14.3 Å². The van der Waals surface area contributed by atoms with Crippen molar-refractivity contribution in [1.82, 2.24) is 9.55 Å². The summed E-state index contributed by atoms with van der Waals surface area (Å²) >= 11 is 0. The van der Waals surface area contributed by atoms with Crippen molar-refractivity contribution in [2.75, 3.05) is 0 Å². The van der Waals surface area contributed by atoms with Gasteiger partial charge in [0, 0.05) is 18.8 Å². The minimum Gasteiger partial charge on any atom is -0.300 e. The number of nitrogens with zero attached hydrogens (tertiary/aromatic N) is 2. The predicted molar refractivity (Wildman–Crippen MR) is 41.6 cm³/mol. The third kappa shape index (κ3) is 1.83. The first kappa shape index (κ1) is 8.27. The average Bonchev–Trinajstić information content (AvgIpc) is 2.03. The molecule has 62 valence electrons. The van der Waals surface area contributed by atoms with Crippen LogP contribution in [0.3, 0.4) is 0 Å². The average molecular weight is 165 g/mol. The van der Waals surface area contributed by atoms with Crippen LogP contribution in [0.25, 0.3) is 0 Å². The molecule has 0 saturated heterocycles. The van der Waals surface area contributed by atoms with Gasteiger partial charge in [-0.1, -0.05) is 0 Å². The van der Waals surface area contributed by atoms with Crippen LogP contribution in [-0.2, 0) is 6.54 Å². The van der Waals surface area contributed by atoms with Crippen LogP contribution in [-0.4, -0.2) is 9.55 Å². The van der Waals surface area contributed by atoms with Gasteiger partial charge >= 0.3 is 5.69 Å². The molecule has 5 heteroatoms. The van der Waals surface area contributed by atoms with E-state index >= 15 is 0 Å². The molecule has 1 aromatic rings. The zero-order valence-electron chi connectivity index (χ0n) is 6.28. The molecule has 0 bridgehead atoms. The molecule has 0 saturated carbocycles. The Kier molecular flexibility index (Phi) is 2.43. The van der Waals surface area contributed by atoms with Crippen LogP contribution in [0.4, 0.5) is 0 Å². The molecule has 0 radical (unpaired) electrons. The highest BCUT2D eigenvalue weighted by Crippen LogP contribution is 1.80. The van der Waals surface area contributed by atoms with Crippen molar-refractivity contribution in [3.05, 3.63) is 33.1 Å². The van der Waals surface area contributed by atoms with Crippen molar-refractivity contribution in [2.24, 2.45) is 0 Å². The number of aryl methyl sites for hydroxylation is 1. The number of H-pyrrole nitrogens is 1. The topological polar surface area (TPSA) is 78.7 Å². The van der Waals surface area contributed by atoms with E-state index in [1.807, 2.05) is 6.07 Å². The van der Waals surface area contributed by atoms with Gasteiger partial charge in [-0.25, -0.2) is 4.79 Å². The fraction of sp³-hybridized carbons (Fsp3) is 0.286. The summed E-state index contributed by atoms with van der Waals surface area (Å²) in [6.45, 7) is 0.312. The maximum Gasteiger partial charge on any atom is 0.328 e. The van der Waals surface area contributed by atoms with E-state index in [0.717, 1.165) is 0 Å². The first-order valence-electron chi connectivity index (χ1n) is 3.41. The van der Waals surface area contributed by atoms with Gasteiger partial charge in [-0.05, 0) is 0 Å². The summed E-state index contributed by atoms with van der Waals surface area (Å²) in [5, 5.41) is 8.24. The molecule has 5 nitrogen and oxygen atoms in total. The van der Waals surface area contributed by atoms with E-state index in [0.29, 0.717) is 6.54 Å². The molecule has 0 aliphatic rings. The van der Waals surface area contributed by atoms with Gasteiger partial charge in [0.05, 0.1) is 12.5 Å². The van der Waals surface area contributed by atoms with Crippen molar-refractivity contribution >= 4 is 0 Å². The second-order valence-electron chi connectivity index (χ2n) is 2.21. The molecule has 1 rings (SSSR count). The molecule has 0 atom stereocenters. The summed E-state index contributed by atoms with van der Waals surface area (Å²) in [6.07, 6.45) is 1.63. The largest absolute Gasteiger partial charge is 0.328 e. The number of hydrogen-bond donors (Lipinski definition) is 1. The maximum atomic E-state index is 10.9. The van der Waals surface area contributed by atoms with Gasteiger partial charge in [-0.15, -0.1) is 0 Å². The summed E-state index contributed by atoms with van der Waals surface area (Å²) in [7, 11) is 0. The second-order valence-corrected chi connectivity index (χ2v) is 2.21. The van der Waals surface area contributed by atoms with E-state index in [-0.39, 0.29) is 6.42 Å². The summed E-state index contributed by atoms with van der Waals surface area (Å²) < 4.78 is 1.28. The highest BCUT2D eigenvalue weighted by Gasteiger charge is 1.93. The molecule has 0 fully saturated rings. The lowest BCUT2D eigenvalue weighted by Gasteiger charge is -1.98. The van der Waals surface area contributed by atoms with Crippen LogP contribution in [0.5, 0.6) is 0 Å². The highest BCUT2D eigenvalue weighted by molar-refractivity contribution is 4.83. The molecule has 0 aliphatic carbocycles. The zero-order valence-corrected chi connectivity index (χ0v) is 6.28. The van der Waals surface area contributed by atoms with Gasteiger partial charge in [-0.2, -0.15) is 5.26 Å². The smallest absolute Gasteiger partial charge is 0.300 e. The Morgan fingerprint density at radius 2 is 2.33 bits per heavy atom. The monoisotopic (exact) mass is 165 g/mol. The summed E-state index contributed by atoms with van der Waals surface area (Å²) in [5.74, 6) is 0. The number of aromatic amines is 1. The molecule has 0 aliphatic heterocycles. The van der Waals surface area contributed by atoms with E-state index in [1.54, 1.807) is 0 Å². The van der Waals surface area contributed by atoms with Crippen molar-refractivity contribution in [1.29, 1.82) is 5.26 Å². The van der Waals surface area contributed by atoms with Gasteiger partial charge < -0.3 is 0 Å². The Balaban J connectivity index is 2.96. The van der Waals surface area contributed by atoms with E-state index in [4.69, 9.17) is 5.26 Å². The third-order valence-electron chi connectivity index (χ3n) is 1.36. The van der Waals surface area contributed by atoms with E-state index in [1.165, 1.54) is 16.8 Å². The molecular formula is C7H7N3O2. The lowest BCUT2D eigenvalue weighted by molar-refractivity contribution is 0.659. The van der Waals surface area contributed by atoms with E-state index < -0.39 is 11.2 Å². The third-order valence-corrected chi connectivity index (χ3v) is 1.36. The predicted octanol–water partition coefficient (Wildman–Crippen LogP) is -0.550. The van der Waals surface area contributed by atoms with Crippen molar-refractivity contribution in [2.45, 2.75) is 13.0 Å². The Morgan fingerprint density at radius 3 is 2.92 bits per heavy atom. The first-order chi connectivity index (χ1) is 5.74. The van der Waals surface area contributed by atoms with Crippen molar-refractivity contribution in [3.63, 3.8) is 0 Å². The van der Waals surface area contributed by atoms with Gasteiger partial charge in [0.2, 0.25) is 0 Å². The van der Waals surface area contributed by atoms with Crippen molar-refractivity contribution < 1.29 is 0 Å². The number of nitrogens with one attached hydrogen (secondary N) is 1. The van der Waals surface area contributed by atoms with Crippen LogP contribution >= 0.6 is 0 Å². The quantitative estimate of drug-likeness (QED) is 0.638. The van der Waals surface area contributed by atoms with Crippen LogP contribution in [0, 0.1) is 11.3 Å². The lowest BCUT2D eigenvalue weighted by Crippen LogP contribution is -2.28. The fourth-order valence-corrected chi connectivity index (χ4v) is 0.791. The van der Waals surface area contributed by atoms with Crippen LogP contribution in [0.15, 0.2) is 21.9 Å². The Morgan fingerprint density at radius 1 is 1.58 bits per heavy atom. The molecule has 0 spiro atoms. The van der Waals surface area contributed by atoms with Crippen LogP contribution in [0.2, 0.25) is 0 Å². The minimum atomic E-state index is -0.474. The molecular weight excluding hydrogens is 158 g/mol. The maximum absolute atomic E-state index is 10.9. The molecule has 0 aromatic carbocycles. The first-order valence-corrected chi connectivity index (χ1v) is 3.41. The van der Waals surface area contributed by atoms with Gasteiger partial charge in [0.15, 0.2) is 0 Å². The Labute approximate surface area is 67.9 Å². The summed E-state index contributed by atoms with van der Waals surface area (Å²) in [4.78, 5) is 23.6. The zero-order chi connectivity index (χ0) is 8.97. The standard InChI is InChI=1S/C7H7N3O2/c8-3-1-4-10-5-2-6(11)9-7(10)12/h2,5H,1,4H2,(H,9,11,12). The molecule has 0 unspecified atom stereocenters. The van der Waals surface area contributed by atoms with Crippen LogP contribution < -0.4 is 11.2 Å². The van der Waals surface area contributed by atoms with Crippen molar-refractivity contribution in [3.8, 4) is 6.07 Å². The molecule has 1 aromatic heterocycles. The summed E-state index contributed by atoms with van der Waals surface area (Å²) in [5.41, 5.74) is -0.897. The Hall–Kier alpha value is -1.83. The number of nitriles is 1. The second kappa shape index (κ2) is 3.53. The van der Waals surface area contributed by atoms with E-state index in [2.05, 4.69) is 4.98 Å². The normalized spacial score (nSPS) is 9.25. The number of hydrogen-bond acceptors (Lipinski definition) is 3. The number of aromatic nitrogens is 2. The molecule has 12 heavy (non-hydrogen) atoms. The molecule has 0 amide bonds.